The van der Waals surface area contributed by atoms with E-state index >= 15 is 0 Å². The molecule has 1 rings (SSSR count). The van der Waals surface area contributed by atoms with Crippen molar-refractivity contribution in [2.24, 2.45) is 5.73 Å². The lowest BCUT2D eigenvalue weighted by Crippen LogP contribution is -2.35. The van der Waals surface area contributed by atoms with Crippen LogP contribution in [0.5, 0.6) is 0 Å². The van der Waals surface area contributed by atoms with E-state index in [1.807, 2.05) is 7.05 Å². The van der Waals surface area contributed by atoms with Crippen LogP contribution in [0.4, 0.5) is 5.82 Å². The molecule has 1 aromatic rings. The Kier molecular flexibility index (Phi) is 5.21. The molecule has 1 unspecified atom stereocenters. The highest BCUT2D eigenvalue weighted by Crippen LogP contribution is 2.19. The number of nitrogens with one attached hydrogen (secondary N) is 1. The number of nitrogen functional groups attached to an aromatic ring is 1. The molecule has 0 amide bonds. The second-order valence-corrected chi connectivity index (χ2v) is 4.72. The number of rotatable bonds is 6. The minimum atomic E-state index is 0.0285. The number of thioether (sulfide) groups is 1. The van der Waals surface area contributed by atoms with Crippen molar-refractivity contribution in [1.82, 2.24) is 10.2 Å². The molecule has 0 aromatic carbocycles. The maximum Gasteiger partial charge on any atom is 0.162 e. The largest absolute Gasteiger partial charge is 0.384 e. The first-order valence-electron chi connectivity index (χ1n) is 5.49. The van der Waals surface area contributed by atoms with Crippen LogP contribution >= 0.6 is 11.8 Å². The van der Waals surface area contributed by atoms with E-state index in [0.29, 0.717) is 17.4 Å². The van der Waals surface area contributed by atoms with Gasteiger partial charge in [0.1, 0.15) is 5.84 Å². The zero-order chi connectivity index (χ0) is 12.8. The van der Waals surface area contributed by atoms with Crippen LogP contribution in [0.3, 0.4) is 0 Å². The number of nitrogens with zero attached hydrogens (tertiary/aromatic N) is 3. The van der Waals surface area contributed by atoms with Gasteiger partial charge in [0.25, 0.3) is 0 Å². The van der Waals surface area contributed by atoms with Crippen LogP contribution in [0.2, 0.25) is 0 Å². The lowest BCUT2D eigenvalue weighted by molar-refractivity contribution is 0.660. The highest BCUT2D eigenvalue weighted by Gasteiger charge is 2.18. The molecule has 6 heteroatoms. The summed E-state index contributed by atoms with van der Waals surface area (Å²) < 4.78 is 0. The highest BCUT2D eigenvalue weighted by atomic mass is 32.2. The van der Waals surface area contributed by atoms with Gasteiger partial charge in [-0.3, -0.25) is 5.41 Å². The Bertz CT molecular complexity index is 382. The van der Waals surface area contributed by atoms with E-state index < -0.39 is 0 Å². The smallest absolute Gasteiger partial charge is 0.162 e. The van der Waals surface area contributed by atoms with E-state index in [9.17, 15) is 0 Å². The average Bonchev–Trinajstić information content (AvgIpc) is 2.35. The quantitative estimate of drug-likeness (QED) is 0.591. The first-order chi connectivity index (χ1) is 8.11. The van der Waals surface area contributed by atoms with Gasteiger partial charge in [-0.15, -0.1) is 5.10 Å². The van der Waals surface area contributed by atoms with E-state index in [1.165, 1.54) is 0 Å². The lowest BCUT2D eigenvalue weighted by atomic mass is 10.2. The number of nitrogens with two attached hydrogens (primary N) is 1. The van der Waals surface area contributed by atoms with Crippen LogP contribution < -0.4 is 10.6 Å². The van der Waals surface area contributed by atoms with Crippen molar-refractivity contribution < 1.29 is 0 Å². The topological polar surface area (TPSA) is 78.9 Å². The molecule has 1 atom stereocenters. The fourth-order valence-corrected chi connectivity index (χ4v) is 2.51. The number of anilines is 1. The van der Waals surface area contributed by atoms with E-state index in [1.54, 1.807) is 24.0 Å². The molecule has 1 aromatic heterocycles. The number of hydrogen-bond donors (Lipinski definition) is 2. The van der Waals surface area contributed by atoms with Gasteiger partial charge in [-0.05, 0) is 18.7 Å². The maximum absolute atomic E-state index is 7.55. The molecule has 1 heterocycles. The molecule has 0 aliphatic rings. The van der Waals surface area contributed by atoms with Gasteiger partial charge in [0.2, 0.25) is 0 Å². The van der Waals surface area contributed by atoms with Crippen molar-refractivity contribution in [3.63, 3.8) is 0 Å². The molecule has 0 aliphatic carbocycles. The molecular formula is C11H19N5S. The van der Waals surface area contributed by atoms with Crippen LogP contribution in [0.1, 0.15) is 18.9 Å². The summed E-state index contributed by atoms with van der Waals surface area (Å²) in [7, 11) is 1.97. The number of amidine groups is 1. The summed E-state index contributed by atoms with van der Waals surface area (Å²) in [6, 6.07) is 2.10. The third kappa shape index (κ3) is 3.33. The Morgan fingerprint density at radius 3 is 2.88 bits per heavy atom. The summed E-state index contributed by atoms with van der Waals surface area (Å²) in [5, 5.41) is 15.5. The van der Waals surface area contributed by atoms with E-state index in [0.717, 1.165) is 12.2 Å². The molecule has 0 spiro atoms. The predicted molar refractivity (Wildman–Crippen MR) is 73.9 cm³/mol. The SMILES string of the molecule is CCC(CSC)N(C)c1nnccc1C(=N)N. The average molecular weight is 253 g/mol. The summed E-state index contributed by atoms with van der Waals surface area (Å²) >= 11 is 1.80. The van der Waals surface area contributed by atoms with Crippen molar-refractivity contribution >= 4 is 23.4 Å². The Labute approximate surface area is 106 Å². The monoisotopic (exact) mass is 253 g/mol. The second-order valence-electron chi connectivity index (χ2n) is 3.81. The normalized spacial score (nSPS) is 12.2. The summed E-state index contributed by atoms with van der Waals surface area (Å²) in [6.07, 6.45) is 4.66. The van der Waals surface area contributed by atoms with Crippen LogP contribution in [0.25, 0.3) is 0 Å². The molecule has 0 radical (unpaired) electrons. The molecule has 0 aliphatic heterocycles. The van der Waals surface area contributed by atoms with Crippen molar-refractivity contribution in [2.45, 2.75) is 19.4 Å². The summed E-state index contributed by atoms with van der Waals surface area (Å²) in [5.74, 6) is 1.72. The minimum Gasteiger partial charge on any atom is -0.384 e. The lowest BCUT2D eigenvalue weighted by Gasteiger charge is -2.28. The molecular weight excluding hydrogens is 234 g/mol. The molecule has 94 valence electrons. The van der Waals surface area contributed by atoms with Crippen molar-refractivity contribution in [3.05, 3.63) is 17.8 Å². The molecule has 0 saturated carbocycles. The number of hydrogen-bond acceptors (Lipinski definition) is 5. The Morgan fingerprint density at radius 2 is 2.35 bits per heavy atom. The standard InChI is InChI=1S/C11H19N5S/c1-4-8(7-17-3)16(2)11-9(10(12)13)5-6-14-15-11/h5-6,8H,4,7H2,1-3H3,(H3,12,13). The summed E-state index contributed by atoms with van der Waals surface area (Å²) in [4.78, 5) is 2.06. The van der Waals surface area contributed by atoms with E-state index in [-0.39, 0.29) is 5.84 Å². The Hall–Kier alpha value is -1.30. The highest BCUT2D eigenvalue weighted by molar-refractivity contribution is 7.98. The molecule has 0 saturated heterocycles. The third-order valence-electron chi connectivity index (χ3n) is 2.70. The second kappa shape index (κ2) is 6.44. The van der Waals surface area contributed by atoms with Crippen LogP contribution in [-0.4, -0.2) is 41.1 Å². The van der Waals surface area contributed by atoms with Gasteiger partial charge in [-0.1, -0.05) is 6.92 Å². The van der Waals surface area contributed by atoms with Gasteiger partial charge >= 0.3 is 0 Å². The maximum atomic E-state index is 7.55. The van der Waals surface area contributed by atoms with E-state index in [4.69, 9.17) is 11.1 Å². The van der Waals surface area contributed by atoms with Gasteiger partial charge in [0, 0.05) is 18.8 Å². The first-order valence-corrected chi connectivity index (χ1v) is 6.89. The summed E-state index contributed by atoms with van der Waals surface area (Å²) in [5.41, 5.74) is 6.19. The van der Waals surface area contributed by atoms with Crippen LogP contribution in [0, 0.1) is 5.41 Å². The number of aromatic nitrogens is 2. The first kappa shape index (κ1) is 13.8. The fraction of sp³-hybridized carbons (Fsp3) is 0.545. The molecule has 3 N–H and O–H groups in total. The van der Waals surface area contributed by atoms with Gasteiger partial charge in [0.05, 0.1) is 11.8 Å². The molecule has 5 nitrogen and oxygen atoms in total. The Morgan fingerprint density at radius 1 is 1.65 bits per heavy atom. The van der Waals surface area contributed by atoms with Gasteiger partial charge in [-0.25, -0.2) is 0 Å². The van der Waals surface area contributed by atoms with Crippen molar-refractivity contribution in [2.75, 3.05) is 24.0 Å². The van der Waals surface area contributed by atoms with Crippen LogP contribution in [0.15, 0.2) is 12.3 Å². The molecule has 0 fully saturated rings. The third-order valence-corrected chi connectivity index (χ3v) is 3.42. The fourth-order valence-electron chi connectivity index (χ4n) is 1.66. The van der Waals surface area contributed by atoms with Gasteiger partial charge in [0.15, 0.2) is 5.82 Å². The van der Waals surface area contributed by atoms with Crippen molar-refractivity contribution in [3.8, 4) is 0 Å². The zero-order valence-electron chi connectivity index (χ0n) is 10.5. The summed E-state index contributed by atoms with van der Waals surface area (Å²) in [6.45, 7) is 2.14. The van der Waals surface area contributed by atoms with Crippen molar-refractivity contribution in [1.29, 1.82) is 5.41 Å². The van der Waals surface area contributed by atoms with E-state index in [2.05, 4.69) is 28.3 Å². The van der Waals surface area contributed by atoms with Gasteiger partial charge < -0.3 is 10.6 Å². The zero-order valence-corrected chi connectivity index (χ0v) is 11.3. The molecule has 17 heavy (non-hydrogen) atoms. The minimum absolute atomic E-state index is 0.0285. The predicted octanol–water partition coefficient (Wildman–Crippen LogP) is 1.34. The van der Waals surface area contributed by atoms with Gasteiger partial charge in [-0.2, -0.15) is 16.9 Å². The Balaban J connectivity index is 3.01. The van der Waals surface area contributed by atoms with Crippen LogP contribution in [-0.2, 0) is 0 Å². The molecule has 0 bridgehead atoms.